The highest BCUT2D eigenvalue weighted by atomic mass is 16.7. The Labute approximate surface area is 296 Å². The fourth-order valence-corrected chi connectivity index (χ4v) is 7.07. The lowest BCUT2D eigenvalue weighted by Gasteiger charge is -2.39. The lowest BCUT2D eigenvalue weighted by atomic mass is 9.98. The van der Waals surface area contributed by atoms with Crippen molar-refractivity contribution in [1.82, 2.24) is 15.7 Å². The van der Waals surface area contributed by atoms with Crippen molar-refractivity contribution in [1.29, 1.82) is 0 Å². The summed E-state index contributed by atoms with van der Waals surface area (Å²) in [6.45, 7) is 6.17. The molecule has 3 atom stereocenters. The summed E-state index contributed by atoms with van der Waals surface area (Å²) in [7, 11) is 0. The molecule has 50 heavy (non-hydrogen) atoms. The summed E-state index contributed by atoms with van der Waals surface area (Å²) in [6.07, 6.45) is 11.0. The second kappa shape index (κ2) is 19.5. The Kier molecular flexibility index (Phi) is 14.6. The van der Waals surface area contributed by atoms with Gasteiger partial charge in [-0.15, -0.1) is 6.58 Å². The van der Waals surface area contributed by atoms with Crippen LogP contribution in [0, 0.1) is 0 Å². The number of nitrogens with zero attached hydrogens (tertiary/aromatic N) is 1. The molecular weight excluding hydrogens is 630 g/mol. The molecule has 3 aromatic rings. The molecule has 9 heteroatoms. The van der Waals surface area contributed by atoms with Crippen molar-refractivity contribution in [3.05, 3.63) is 108 Å². The van der Waals surface area contributed by atoms with E-state index in [2.05, 4.69) is 65.3 Å². The van der Waals surface area contributed by atoms with Crippen LogP contribution in [-0.4, -0.2) is 52.3 Å². The number of ether oxygens (including phenoxy) is 2. The number of rotatable bonds is 18. The maximum Gasteiger partial charge on any atom is 0.243 e. The Morgan fingerprint density at radius 3 is 2.22 bits per heavy atom. The fraction of sp³-hybridized carbons (Fsp3) is 0.463. The molecule has 1 saturated heterocycles. The first-order valence-electron chi connectivity index (χ1n) is 18.2. The van der Waals surface area contributed by atoms with Gasteiger partial charge in [-0.1, -0.05) is 98.5 Å². The average molecular weight is 684 g/mol. The number of aliphatic hydroxyl groups is 1. The number of amides is 2. The second-order valence-electron chi connectivity index (χ2n) is 13.6. The molecular formula is C41H53N3O6. The van der Waals surface area contributed by atoms with Gasteiger partial charge in [-0.25, -0.2) is 5.48 Å². The smallest absolute Gasteiger partial charge is 0.243 e. The molecule has 5 rings (SSSR count). The molecule has 0 aromatic heterocycles. The van der Waals surface area contributed by atoms with Crippen LogP contribution in [0.3, 0.4) is 0 Å². The maximum atomic E-state index is 12.4. The van der Waals surface area contributed by atoms with Crippen LogP contribution in [0.2, 0.25) is 0 Å². The minimum atomic E-state index is -0.513. The Bertz CT molecular complexity index is 1510. The van der Waals surface area contributed by atoms with Gasteiger partial charge in [-0.3, -0.25) is 19.7 Å². The normalized spacial score (nSPS) is 19.4. The first-order chi connectivity index (χ1) is 24.4. The van der Waals surface area contributed by atoms with E-state index in [0.717, 1.165) is 72.2 Å². The van der Waals surface area contributed by atoms with E-state index in [1.54, 1.807) is 5.48 Å². The van der Waals surface area contributed by atoms with E-state index in [1.165, 1.54) is 25.7 Å². The lowest BCUT2D eigenvalue weighted by Crippen LogP contribution is -2.43. The molecule has 2 amide bonds. The summed E-state index contributed by atoms with van der Waals surface area (Å²) >= 11 is 0. The van der Waals surface area contributed by atoms with Crippen LogP contribution in [-0.2, 0) is 32.2 Å². The Hall–Kier alpha value is -3.86. The zero-order chi connectivity index (χ0) is 35.1. The van der Waals surface area contributed by atoms with Gasteiger partial charge < -0.3 is 19.9 Å². The van der Waals surface area contributed by atoms with Crippen LogP contribution in [0.5, 0.6) is 0 Å². The van der Waals surface area contributed by atoms with Gasteiger partial charge in [0.05, 0.1) is 18.8 Å². The molecule has 1 saturated carbocycles. The Morgan fingerprint density at radius 1 is 0.840 bits per heavy atom. The number of carbonyl (C=O) groups is 2. The number of hydrogen-bond acceptors (Lipinski definition) is 7. The first kappa shape index (κ1) is 37.4. The van der Waals surface area contributed by atoms with E-state index in [4.69, 9.17) is 14.7 Å². The van der Waals surface area contributed by atoms with Crippen molar-refractivity contribution in [2.24, 2.45) is 0 Å². The predicted octanol–water partition coefficient (Wildman–Crippen LogP) is 7.28. The van der Waals surface area contributed by atoms with Gasteiger partial charge >= 0.3 is 0 Å². The zero-order valence-corrected chi connectivity index (χ0v) is 29.1. The van der Waals surface area contributed by atoms with Crippen LogP contribution < -0.4 is 10.8 Å². The van der Waals surface area contributed by atoms with E-state index in [-0.39, 0.29) is 30.6 Å². The molecule has 268 valence electrons. The van der Waals surface area contributed by atoms with Crippen molar-refractivity contribution in [2.45, 2.75) is 108 Å². The summed E-state index contributed by atoms with van der Waals surface area (Å²) in [4.78, 5) is 26.0. The van der Waals surface area contributed by atoms with Crippen molar-refractivity contribution in [2.75, 3.05) is 13.1 Å². The van der Waals surface area contributed by atoms with E-state index >= 15 is 0 Å². The molecule has 0 bridgehead atoms. The number of hydrogen-bond donors (Lipinski definition) is 4. The van der Waals surface area contributed by atoms with Gasteiger partial charge in [0.2, 0.25) is 11.8 Å². The number of aliphatic hydroxyl groups excluding tert-OH is 1. The second-order valence-corrected chi connectivity index (χ2v) is 13.6. The molecule has 4 N–H and O–H groups in total. The Balaban J connectivity index is 1.20. The van der Waals surface area contributed by atoms with Crippen LogP contribution in [0.1, 0.15) is 105 Å². The third-order valence-corrected chi connectivity index (χ3v) is 9.87. The van der Waals surface area contributed by atoms with E-state index in [9.17, 15) is 14.7 Å². The minimum Gasteiger partial charge on any atom is -0.392 e. The highest BCUT2D eigenvalue weighted by Gasteiger charge is 2.34. The third kappa shape index (κ3) is 11.1. The van der Waals surface area contributed by atoms with E-state index in [0.29, 0.717) is 31.8 Å². The van der Waals surface area contributed by atoms with Crippen LogP contribution in [0.4, 0.5) is 0 Å². The van der Waals surface area contributed by atoms with Gasteiger partial charge in [-0.2, -0.15) is 0 Å². The van der Waals surface area contributed by atoms with Gasteiger partial charge in [0.25, 0.3) is 0 Å². The van der Waals surface area contributed by atoms with Crippen molar-refractivity contribution >= 4 is 11.8 Å². The first-order valence-corrected chi connectivity index (χ1v) is 18.2. The summed E-state index contributed by atoms with van der Waals surface area (Å²) in [5.41, 5.74) is 7.73. The fourth-order valence-electron chi connectivity index (χ4n) is 7.07. The number of carbonyl (C=O) groups excluding carboxylic acids is 2. The molecule has 2 fully saturated rings. The van der Waals surface area contributed by atoms with Gasteiger partial charge in [0, 0.05) is 50.5 Å². The van der Waals surface area contributed by atoms with Crippen molar-refractivity contribution in [3.8, 4) is 11.1 Å². The van der Waals surface area contributed by atoms with Gasteiger partial charge in [0.15, 0.2) is 6.29 Å². The largest absolute Gasteiger partial charge is 0.392 e. The molecule has 0 spiro atoms. The monoisotopic (exact) mass is 683 g/mol. The number of nitrogens with one attached hydrogen (secondary N) is 2. The van der Waals surface area contributed by atoms with Crippen LogP contribution in [0.25, 0.3) is 11.1 Å². The highest BCUT2D eigenvalue weighted by Crippen LogP contribution is 2.39. The topological polar surface area (TPSA) is 120 Å². The average Bonchev–Trinajstić information content (AvgIpc) is 3.70. The van der Waals surface area contributed by atoms with E-state index < -0.39 is 6.29 Å². The van der Waals surface area contributed by atoms with E-state index in [1.807, 2.05) is 30.3 Å². The molecule has 1 aliphatic carbocycles. The summed E-state index contributed by atoms with van der Waals surface area (Å²) in [5.74, 6) is -0.365. The molecule has 9 nitrogen and oxygen atoms in total. The van der Waals surface area contributed by atoms with Crippen molar-refractivity contribution in [3.63, 3.8) is 0 Å². The molecule has 1 heterocycles. The standard InChI is InChI=1S/C41H53N3O6/c1-2-24-44(36-12-7-8-13-36)28-37-26-38(33-18-16-30(29-45)17-19-33)50-41(49-37)34-22-20-32(21-23-34)35-11-9-10-31(25-35)27-42-39(46)14-5-3-4-6-15-40(47)43-48/h2,9-11,16-23,25,36-38,41,45,48H,1,3-8,12-15,24,26-29H2,(H,42,46)(H,43,47)/t37-,38+,41+/m1/s1. The molecule has 3 aromatic carbocycles. The zero-order valence-electron chi connectivity index (χ0n) is 29.1. The lowest BCUT2D eigenvalue weighted by molar-refractivity contribution is -0.253. The quantitative estimate of drug-likeness (QED) is 0.0481. The summed E-state index contributed by atoms with van der Waals surface area (Å²) in [6, 6.07) is 25.2. The number of benzene rings is 3. The van der Waals surface area contributed by atoms with Crippen molar-refractivity contribution < 1.29 is 29.4 Å². The van der Waals surface area contributed by atoms with Gasteiger partial charge in [-0.05, 0) is 59.6 Å². The van der Waals surface area contributed by atoms with Gasteiger partial charge in [0.1, 0.15) is 0 Å². The summed E-state index contributed by atoms with van der Waals surface area (Å²) in [5, 5.41) is 21.1. The minimum absolute atomic E-state index is 0.0107. The number of hydroxylamine groups is 1. The highest BCUT2D eigenvalue weighted by molar-refractivity contribution is 5.76. The number of unbranched alkanes of at least 4 members (excludes halogenated alkanes) is 3. The summed E-state index contributed by atoms with van der Waals surface area (Å²) < 4.78 is 13.3. The molecule has 0 radical (unpaired) electrons. The third-order valence-electron chi connectivity index (χ3n) is 9.87. The van der Waals surface area contributed by atoms with Crippen LogP contribution in [0.15, 0.2) is 85.5 Å². The van der Waals surface area contributed by atoms with Crippen LogP contribution >= 0.6 is 0 Å². The molecule has 2 aliphatic rings. The molecule has 1 aliphatic heterocycles. The molecule has 0 unspecified atom stereocenters. The maximum absolute atomic E-state index is 12.4. The SMILES string of the molecule is C=CCN(C[C@H]1C[C@@H](c2ccc(CO)cc2)O[C@@H](c2ccc(-c3cccc(CNC(=O)CCCCCCC(=O)NO)c3)cc2)O1)C1CCCC1. The predicted molar refractivity (Wildman–Crippen MR) is 194 cm³/mol. The Morgan fingerprint density at radius 2 is 1.54 bits per heavy atom.